The number of thiazole rings is 1. The van der Waals surface area contributed by atoms with Crippen LogP contribution in [0.1, 0.15) is 13.3 Å². The van der Waals surface area contributed by atoms with Gasteiger partial charge in [0.25, 0.3) is 5.91 Å². The van der Waals surface area contributed by atoms with Gasteiger partial charge in [0.2, 0.25) is 0 Å². The van der Waals surface area contributed by atoms with Gasteiger partial charge in [-0.05, 0) is 37.3 Å². The fraction of sp³-hybridized carbons (Fsp3) is 0.200. The van der Waals surface area contributed by atoms with Crippen molar-refractivity contribution >= 4 is 49.8 Å². The number of nitrogens with one attached hydrogen (secondary N) is 1. The van der Waals surface area contributed by atoms with Crippen LogP contribution in [0.3, 0.4) is 0 Å². The maximum atomic E-state index is 12.7. The molecule has 1 aliphatic heterocycles. The number of hydrazone groups is 1. The molecule has 0 saturated heterocycles. The monoisotopic (exact) mass is 394 g/mol. The first kappa shape index (κ1) is 18.1. The number of benzene rings is 2. The Labute approximate surface area is 165 Å². The van der Waals surface area contributed by atoms with Crippen LogP contribution in [0.5, 0.6) is 5.75 Å². The molecule has 1 aromatic heterocycles. The van der Waals surface area contributed by atoms with Gasteiger partial charge in [0.15, 0.2) is 10.9 Å². The zero-order valence-electron chi connectivity index (χ0n) is 15.4. The van der Waals surface area contributed by atoms with Gasteiger partial charge < -0.3 is 4.74 Å². The van der Waals surface area contributed by atoms with E-state index in [9.17, 15) is 9.59 Å². The highest BCUT2D eigenvalue weighted by Crippen LogP contribution is 2.30. The number of hydrogen-bond donors (Lipinski definition) is 1. The third-order valence-corrected chi connectivity index (χ3v) is 5.41. The van der Waals surface area contributed by atoms with Crippen LogP contribution in [0.25, 0.3) is 10.2 Å². The highest BCUT2D eigenvalue weighted by Gasteiger charge is 2.34. The summed E-state index contributed by atoms with van der Waals surface area (Å²) in [5.41, 5.74) is 1.86. The number of ketones is 1. The third kappa shape index (κ3) is 3.46. The predicted molar refractivity (Wildman–Crippen MR) is 110 cm³/mol. The van der Waals surface area contributed by atoms with Crippen molar-refractivity contribution in [3.8, 4) is 5.75 Å². The summed E-state index contributed by atoms with van der Waals surface area (Å²) in [6, 6.07) is 14.4. The Morgan fingerprint density at radius 1 is 1.21 bits per heavy atom. The zero-order chi connectivity index (χ0) is 19.7. The number of aromatic nitrogens is 1. The number of rotatable bonds is 5. The summed E-state index contributed by atoms with van der Waals surface area (Å²) in [5.74, 6) is 0.343. The van der Waals surface area contributed by atoms with Crippen LogP contribution in [-0.2, 0) is 9.59 Å². The van der Waals surface area contributed by atoms with Gasteiger partial charge in [-0.15, -0.1) is 0 Å². The van der Waals surface area contributed by atoms with Crippen molar-refractivity contribution < 1.29 is 14.3 Å². The van der Waals surface area contributed by atoms with Crippen molar-refractivity contribution in [3.63, 3.8) is 0 Å². The number of nitrogens with zero attached hydrogens (tertiary/aromatic N) is 3. The van der Waals surface area contributed by atoms with Crippen LogP contribution in [0.15, 0.2) is 53.6 Å². The largest absolute Gasteiger partial charge is 0.497 e. The van der Waals surface area contributed by atoms with E-state index in [1.54, 1.807) is 12.1 Å². The molecular weight excluding hydrogens is 376 g/mol. The quantitative estimate of drug-likeness (QED) is 0.716. The molecule has 142 valence electrons. The summed E-state index contributed by atoms with van der Waals surface area (Å²) in [4.78, 5) is 29.2. The van der Waals surface area contributed by atoms with Gasteiger partial charge in [0, 0.05) is 6.42 Å². The van der Waals surface area contributed by atoms with Crippen LogP contribution >= 0.6 is 11.3 Å². The molecule has 0 radical (unpaired) electrons. The molecule has 2 aromatic carbocycles. The summed E-state index contributed by atoms with van der Waals surface area (Å²) < 4.78 is 6.13. The van der Waals surface area contributed by atoms with Crippen LogP contribution in [0, 0.1) is 0 Å². The second kappa shape index (κ2) is 7.40. The molecule has 7 nitrogen and oxygen atoms in total. The van der Waals surface area contributed by atoms with Gasteiger partial charge in [0.05, 0.1) is 23.0 Å². The Morgan fingerprint density at radius 2 is 2.00 bits per heavy atom. The molecule has 1 N–H and O–H groups in total. The third-order valence-electron chi connectivity index (χ3n) is 4.48. The molecule has 8 heteroatoms. The molecule has 2 heterocycles. The number of carbonyl (C=O) groups excluding carboxylic acids is 2. The second-order valence-corrected chi connectivity index (χ2v) is 7.39. The first-order valence-corrected chi connectivity index (χ1v) is 9.55. The second-order valence-electron chi connectivity index (χ2n) is 6.36. The van der Waals surface area contributed by atoms with Gasteiger partial charge in [-0.25, -0.2) is 4.98 Å². The van der Waals surface area contributed by atoms with Crippen LogP contribution in [0.2, 0.25) is 0 Å². The first-order valence-electron chi connectivity index (χ1n) is 8.73. The van der Waals surface area contributed by atoms with Crippen molar-refractivity contribution in [2.75, 3.05) is 17.4 Å². The standard InChI is InChI=1S/C20H18N4O3S/c1-12(25)17-11-16(23-24(17)13-6-4-3-5-7-13)19(26)22-20-21-15-9-8-14(27-2)10-18(15)28-20/h3-10,17H,11H2,1-2H3,(H,21,22,26). The fourth-order valence-electron chi connectivity index (χ4n) is 3.04. The first-order chi connectivity index (χ1) is 13.5. The minimum absolute atomic E-state index is 0.0394. The number of hydrogen-bond acceptors (Lipinski definition) is 7. The van der Waals surface area contributed by atoms with Crippen LogP contribution in [-0.4, -0.2) is 35.5 Å². The van der Waals surface area contributed by atoms with E-state index in [0.29, 0.717) is 10.8 Å². The molecular formula is C20H18N4O3S. The Bertz CT molecular complexity index is 1080. The van der Waals surface area contributed by atoms with Gasteiger partial charge >= 0.3 is 0 Å². The molecule has 1 amide bonds. The van der Waals surface area contributed by atoms with E-state index in [2.05, 4.69) is 15.4 Å². The highest BCUT2D eigenvalue weighted by atomic mass is 32.1. The highest BCUT2D eigenvalue weighted by molar-refractivity contribution is 7.22. The number of methoxy groups -OCH3 is 1. The minimum atomic E-state index is -0.484. The van der Waals surface area contributed by atoms with E-state index in [0.717, 1.165) is 21.7 Å². The van der Waals surface area contributed by atoms with Crippen LogP contribution < -0.4 is 15.1 Å². The lowest BCUT2D eigenvalue weighted by atomic mass is 10.1. The van der Waals surface area contributed by atoms with Crippen LogP contribution in [0.4, 0.5) is 10.8 Å². The zero-order valence-corrected chi connectivity index (χ0v) is 16.2. The van der Waals surface area contributed by atoms with Gasteiger partial charge in [-0.3, -0.25) is 19.9 Å². The number of fused-ring (bicyclic) bond motifs is 1. The van der Waals surface area contributed by atoms with Crippen molar-refractivity contribution in [2.45, 2.75) is 19.4 Å². The molecule has 0 saturated carbocycles. The van der Waals surface area contributed by atoms with E-state index in [1.807, 2.05) is 48.5 Å². The summed E-state index contributed by atoms with van der Waals surface area (Å²) >= 11 is 1.36. The number of anilines is 2. The van der Waals surface area contributed by atoms with Crippen molar-refractivity contribution in [3.05, 3.63) is 48.5 Å². The Morgan fingerprint density at radius 3 is 2.71 bits per heavy atom. The van der Waals surface area contributed by atoms with Crippen molar-refractivity contribution in [2.24, 2.45) is 5.10 Å². The van der Waals surface area contributed by atoms with E-state index < -0.39 is 6.04 Å². The van der Waals surface area contributed by atoms with Gasteiger partial charge in [-0.1, -0.05) is 29.5 Å². The SMILES string of the molecule is COc1ccc2nc(NC(=O)C3=NN(c4ccccc4)C(C(C)=O)C3)sc2c1. The Kier molecular flexibility index (Phi) is 4.79. The smallest absolute Gasteiger partial charge is 0.273 e. The summed E-state index contributed by atoms with van der Waals surface area (Å²) in [5, 5.41) is 9.31. The lowest BCUT2D eigenvalue weighted by Crippen LogP contribution is -2.33. The van der Waals surface area contributed by atoms with Gasteiger partial charge in [0.1, 0.15) is 17.5 Å². The molecule has 28 heavy (non-hydrogen) atoms. The number of carbonyl (C=O) groups is 2. The van der Waals surface area contributed by atoms with E-state index in [1.165, 1.54) is 18.3 Å². The van der Waals surface area contributed by atoms with E-state index >= 15 is 0 Å². The average Bonchev–Trinajstić information content (AvgIpc) is 3.32. The lowest BCUT2D eigenvalue weighted by molar-refractivity contribution is -0.118. The topological polar surface area (TPSA) is 83.9 Å². The summed E-state index contributed by atoms with van der Waals surface area (Å²) in [6.07, 6.45) is 0.259. The number of Topliss-reactive ketones (excluding diaryl/α,β-unsaturated/α-hetero) is 1. The predicted octanol–water partition coefficient (Wildman–Crippen LogP) is 3.47. The van der Waals surface area contributed by atoms with Gasteiger partial charge in [-0.2, -0.15) is 5.10 Å². The van der Waals surface area contributed by atoms with Crippen molar-refractivity contribution in [1.82, 2.24) is 4.98 Å². The number of amides is 1. The molecule has 1 atom stereocenters. The molecule has 0 fully saturated rings. The molecule has 0 bridgehead atoms. The molecule has 1 unspecified atom stereocenters. The fourth-order valence-corrected chi connectivity index (χ4v) is 3.93. The van der Waals surface area contributed by atoms with E-state index in [-0.39, 0.29) is 18.1 Å². The summed E-state index contributed by atoms with van der Waals surface area (Å²) in [6.45, 7) is 1.51. The molecule has 1 aliphatic rings. The minimum Gasteiger partial charge on any atom is -0.497 e. The molecule has 4 rings (SSSR count). The molecule has 0 spiro atoms. The number of para-hydroxylation sites is 1. The molecule has 0 aliphatic carbocycles. The maximum absolute atomic E-state index is 12.7. The maximum Gasteiger partial charge on any atom is 0.273 e. The lowest BCUT2D eigenvalue weighted by Gasteiger charge is -2.20. The summed E-state index contributed by atoms with van der Waals surface area (Å²) in [7, 11) is 1.60. The van der Waals surface area contributed by atoms with Crippen molar-refractivity contribution in [1.29, 1.82) is 0 Å². The Hall–Kier alpha value is -3.26. The normalized spacial score (nSPS) is 16.1. The average molecular weight is 394 g/mol. The van der Waals surface area contributed by atoms with E-state index in [4.69, 9.17) is 4.74 Å². The molecule has 3 aromatic rings. The number of ether oxygens (including phenoxy) is 1. The Balaban J connectivity index is 1.56.